The molecular formula is C13H25N3O5. The highest BCUT2D eigenvalue weighted by atomic mass is 16.5. The molecule has 0 aliphatic rings. The number of hydrogen-bond donors (Lipinski definition) is 3. The third-order valence-electron chi connectivity index (χ3n) is 2.72. The average molecular weight is 303 g/mol. The van der Waals surface area contributed by atoms with Gasteiger partial charge in [0.1, 0.15) is 0 Å². The maximum absolute atomic E-state index is 11.8. The monoisotopic (exact) mass is 303 g/mol. The van der Waals surface area contributed by atoms with E-state index in [0.29, 0.717) is 13.2 Å². The number of carboxylic acid groups (broad SMARTS) is 1. The van der Waals surface area contributed by atoms with Crippen molar-refractivity contribution in [2.24, 2.45) is 0 Å². The Hall–Kier alpha value is -1.67. The predicted molar refractivity (Wildman–Crippen MR) is 77.0 cm³/mol. The fourth-order valence-corrected chi connectivity index (χ4v) is 1.53. The minimum absolute atomic E-state index is 0.0471. The zero-order valence-electron chi connectivity index (χ0n) is 13.1. The van der Waals surface area contributed by atoms with Crippen LogP contribution in [0.1, 0.15) is 27.2 Å². The summed E-state index contributed by atoms with van der Waals surface area (Å²) in [7, 11) is 1.51. The number of nitrogens with one attached hydrogen (secondary N) is 2. The first-order valence-corrected chi connectivity index (χ1v) is 6.70. The van der Waals surface area contributed by atoms with Gasteiger partial charge >= 0.3 is 12.0 Å². The smallest absolute Gasteiger partial charge is 0.321 e. The molecule has 0 aliphatic heterocycles. The number of urea groups is 1. The maximum Gasteiger partial charge on any atom is 0.321 e. The zero-order valence-corrected chi connectivity index (χ0v) is 13.1. The number of amides is 3. The lowest BCUT2D eigenvalue weighted by molar-refractivity contribution is -0.138. The second-order valence-corrected chi connectivity index (χ2v) is 5.53. The van der Waals surface area contributed by atoms with E-state index in [0.717, 1.165) is 0 Å². The van der Waals surface area contributed by atoms with E-state index in [-0.39, 0.29) is 25.0 Å². The van der Waals surface area contributed by atoms with Gasteiger partial charge < -0.3 is 15.2 Å². The lowest BCUT2D eigenvalue weighted by Crippen LogP contribution is -2.50. The molecule has 0 aromatic carbocycles. The van der Waals surface area contributed by atoms with Crippen molar-refractivity contribution < 1.29 is 24.2 Å². The summed E-state index contributed by atoms with van der Waals surface area (Å²) in [6.07, 6.45) is -0.0649. The molecule has 0 fully saturated rings. The average Bonchev–Trinajstić information content (AvgIpc) is 2.33. The van der Waals surface area contributed by atoms with Gasteiger partial charge in [0.05, 0.1) is 19.6 Å². The van der Waals surface area contributed by atoms with Gasteiger partial charge in [-0.05, 0) is 20.8 Å². The maximum atomic E-state index is 11.8. The third kappa shape index (κ3) is 9.80. The molecule has 0 rings (SSSR count). The van der Waals surface area contributed by atoms with E-state index in [1.54, 1.807) is 4.90 Å². The molecule has 0 aromatic heterocycles. The van der Waals surface area contributed by atoms with Crippen molar-refractivity contribution >= 4 is 17.9 Å². The summed E-state index contributed by atoms with van der Waals surface area (Å²) in [6, 6.07) is -0.593. The Balaban J connectivity index is 4.33. The van der Waals surface area contributed by atoms with Crippen molar-refractivity contribution in [1.82, 2.24) is 15.5 Å². The molecule has 21 heavy (non-hydrogen) atoms. The first-order valence-electron chi connectivity index (χ1n) is 6.70. The lowest BCUT2D eigenvalue weighted by atomic mass is 10.1. The molecule has 0 saturated carbocycles. The minimum Gasteiger partial charge on any atom is -0.481 e. The minimum atomic E-state index is -0.929. The summed E-state index contributed by atoms with van der Waals surface area (Å²) in [6.45, 7) is 6.47. The SMILES string of the molecule is COCCNC(=O)NC(=O)CN(CCC(=O)O)C(C)(C)C. The summed E-state index contributed by atoms with van der Waals surface area (Å²) in [5.74, 6) is -1.41. The highest BCUT2D eigenvalue weighted by Gasteiger charge is 2.24. The summed E-state index contributed by atoms with van der Waals surface area (Å²) in [4.78, 5) is 35.6. The molecule has 122 valence electrons. The van der Waals surface area contributed by atoms with Gasteiger partial charge in [-0.15, -0.1) is 0 Å². The summed E-state index contributed by atoms with van der Waals surface area (Å²) in [5, 5.41) is 13.4. The Morgan fingerprint density at radius 2 is 1.86 bits per heavy atom. The van der Waals surface area contributed by atoms with Crippen LogP contribution in [0.15, 0.2) is 0 Å². The number of aliphatic carboxylic acids is 1. The Bertz CT molecular complexity index is 365. The molecule has 0 aliphatic carbocycles. The molecule has 3 N–H and O–H groups in total. The number of carboxylic acids is 1. The highest BCUT2D eigenvalue weighted by Crippen LogP contribution is 2.13. The highest BCUT2D eigenvalue weighted by molar-refractivity contribution is 5.95. The second-order valence-electron chi connectivity index (χ2n) is 5.53. The van der Waals surface area contributed by atoms with Crippen molar-refractivity contribution in [2.45, 2.75) is 32.7 Å². The van der Waals surface area contributed by atoms with Gasteiger partial charge in [0.2, 0.25) is 5.91 Å². The molecule has 8 heteroatoms. The van der Waals surface area contributed by atoms with Crippen LogP contribution in [0.4, 0.5) is 4.79 Å². The van der Waals surface area contributed by atoms with Crippen LogP contribution in [0.3, 0.4) is 0 Å². The Labute approximate surface area is 124 Å². The standard InChI is InChI=1S/C13H25N3O5/c1-13(2,3)16(7-5-11(18)19)9-10(17)15-12(20)14-6-8-21-4/h5-9H2,1-4H3,(H,18,19)(H2,14,15,17,20). The fraction of sp³-hybridized carbons (Fsp3) is 0.769. The molecule has 0 bridgehead atoms. The van der Waals surface area contributed by atoms with Gasteiger partial charge in [-0.25, -0.2) is 4.79 Å². The van der Waals surface area contributed by atoms with Crippen molar-refractivity contribution in [3.05, 3.63) is 0 Å². The van der Waals surface area contributed by atoms with Gasteiger partial charge in [-0.1, -0.05) is 0 Å². The number of nitrogens with zero attached hydrogens (tertiary/aromatic N) is 1. The van der Waals surface area contributed by atoms with Crippen LogP contribution in [0, 0.1) is 0 Å². The van der Waals surface area contributed by atoms with Crippen molar-refractivity contribution in [2.75, 3.05) is 33.4 Å². The Morgan fingerprint density at radius 3 is 2.33 bits per heavy atom. The van der Waals surface area contributed by atoms with Gasteiger partial charge in [-0.2, -0.15) is 0 Å². The van der Waals surface area contributed by atoms with E-state index in [1.165, 1.54) is 7.11 Å². The van der Waals surface area contributed by atoms with Crippen molar-refractivity contribution in [1.29, 1.82) is 0 Å². The predicted octanol–water partition coefficient (Wildman–Crippen LogP) is 0.0338. The van der Waals surface area contributed by atoms with E-state index in [1.807, 2.05) is 20.8 Å². The van der Waals surface area contributed by atoms with Gasteiger partial charge in [0.25, 0.3) is 0 Å². The Kier molecular flexibility index (Phi) is 8.56. The summed E-state index contributed by atoms with van der Waals surface area (Å²) >= 11 is 0. The number of carbonyl (C=O) groups excluding carboxylic acids is 2. The number of rotatable bonds is 8. The van der Waals surface area contributed by atoms with Gasteiger partial charge in [0.15, 0.2) is 0 Å². The molecule has 3 amide bonds. The fourth-order valence-electron chi connectivity index (χ4n) is 1.53. The van der Waals surface area contributed by atoms with Crippen LogP contribution in [-0.2, 0) is 14.3 Å². The van der Waals surface area contributed by atoms with Crippen LogP contribution in [0.5, 0.6) is 0 Å². The van der Waals surface area contributed by atoms with Crippen LogP contribution < -0.4 is 10.6 Å². The molecular weight excluding hydrogens is 278 g/mol. The molecule has 0 saturated heterocycles. The van der Waals surface area contributed by atoms with E-state index < -0.39 is 17.9 Å². The largest absolute Gasteiger partial charge is 0.481 e. The van der Waals surface area contributed by atoms with Crippen molar-refractivity contribution in [3.63, 3.8) is 0 Å². The van der Waals surface area contributed by atoms with Crippen LogP contribution >= 0.6 is 0 Å². The van der Waals surface area contributed by atoms with E-state index in [4.69, 9.17) is 9.84 Å². The van der Waals surface area contributed by atoms with Gasteiger partial charge in [-0.3, -0.25) is 19.8 Å². The van der Waals surface area contributed by atoms with Crippen LogP contribution in [0.2, 0.25) is 0 Å². The molecule has 0 atom stereocenters. The molecule has 8 nitrogen and oxygen atoms in total. The van der Waals surface area contributed by atoms with Crippen molar-refractivity contribution in [3.8, 4) is 0 Å². The third-order valence-corrected chi connectivity index (χ3v) is 2.72. The van der Waals surface area contributed by atoms with E-state index in [2.05, 4.69) is 10.6 Å². The zero-order chi connectivity index (χ0) is 16.5. The summed E-state index contributed by atoms with van der Waals surface area (Å²) in [5.41, 5.74) is -0.376. The van der Waals surface area contributed by atoms with Gasteiger partial charge in [0, 0.05) is 25.7 Å². The molecule has 0 aromatic rings. The normalized spacial score (nSPS) is 11.3. The van der Waals surface area contributed by atoms with Crippen LogP contribution in [-0.4, -0.2) is 66.8 Å². The second kappa shape index (κ2) is 9.30. The molecule has 0 radical (unpaired) electrons. The first kappa shape index (κ1) is 19.3. The summed E-state index contributed by atoms with van der Waals surface area (Å²) < 4.78 is 4.77. The van der Waals surface area contributed by atoms with E-state index in [9.17, 15) is 14.4 Å². The number of carbonyl (C=O) groups is 3. The first-order chi connectivity index (χ1) is 9.66. The number of imide groups is 1. The Morgan fingerprint density at radius 1 is 1.24 bits per heavy atom. The number of ether oxygens (including phenoxy) is 1. The number of methoxy groups -OCH3 is 1. The number of hydrogen-bond acceptors (Lipinski definition) is 5. The quantitative estimate of drug-likeness (QED) is 0.546. The topological polar surface area (TPSA) is 108 Å². The molecule has 0 heterocycles. The lowest BCUT2D eigenvalue weighted by Gasteiger charge is -2.34. The molecule has 0 unspecified atom stereocenters. The van der Waals surface area contributed by atoms with Crippen LogP contribution in [0.25, 0.3) is 0 Å². The molecule has 0 spiro atoms. The van der Waals surface area contributed by atoms with E-state index >= 15 is 0 Å².